The third-order valence-electron chi connectivity index (χ3n) is 9.60. The summed E-state index contributed by atoms with van der Waals surface area (Å²) in [5, 5.41) is 18.0. The summed E-state index contributed by atoms with van der Waals surface area (Å²) in [4.78, 5) is 17.9. The van der Waals surface area contributed by atoms with E-state index >= 15 is 4.39 Å². The number of benzene rings is 2. The second-order valence-electron chi connectivity index (χ2n) is 14.2. The first kappa shape index (κ1) is 39.6. The van der Waals surface area contributed by atoms with Crippen LogP contribution in [0.25, 0.3) is 10.2 Å². The van der Waals surface area contributed by atoms with Gasteiger partial charge in [-0.2, -0.15) is 17.5 Å². The molecule has 3 fully saturated rings. The Balaban J connectivity index is 1.21. The number of aliphatic hydroxyl groups is 1. The molecule has 0 unspecified atom stereocenters. The molecule has 0 radical (unpaired) electrons. The van der Waals surface area contributed by atoms with Gasteiger partial charge in [-0.1, -0.05) is 23.5 Å². The largest absolute Gasteiger partial charge is 0.497 e. The number of nitrogens with one attached hydrogen (secondary N) is 2. The van der Waals surface area contributed by atoms with E-state index in [1.165, 1.54) is 30.6 Å². The van der Waals surface area contributed by atoms with Crippen molar-refractivity contribution in [1.82, 2.24) is 14.6 Å². The van der Waals surface area contributed by atoms with Crippen LogP contribution in [0.1, 0.15) is 38.7 Å². The molecular weight excluding hydrogens is 745 g/mol. The van der Waals surface area contributed by atoms with Gasteiger partial charge < -0.3 is 34.7 Å². The van der Waals surface area contributed by atoms with Crippen LogP contribution in [0.5, 0.6) is 5.75 Å². The number of hydrogen-bond donors (Lipinski definition) is 3. The molecular formula is C35H44F4N4O8S2. The van der Waals surface area contributed by atoms with Gasteiger partial charge in [0.1, 0.15) is 17.5 Å². The average Bonchev–Trinajstić information content (AvgIpc) is 3.39. The summed E-state index contributed by atoms with van der Waals surface area (Å²) in [6.07, 6.45) is -7.62. The molecule has 1 saturated carbocycles. The molecule has 18 heteroatoms. The third-order valence-corrected chi connectivity index (χ3v) is 12.4. The van der Waals surface area contributed by atoms with E-state index in [1.807, 2.05) is 13.8 Å². The molecule has 6 rings (SSSR count). The van der Waals surface area contributed by atoms with E-state index in [1.54, 1.807) is 30.3 Å². The topological polar surface area (TPSA) is 149 Å². The van der Waals surface area contributed by atoms with Gasteiger partial charge in [-0.3, -0.25) is 4.79 Å². The van der Waals surface area contributed by atoms with E-state index < -0.39 is 83.8 Å². The van der Waals surface area contributed by atoms with Gasteiger partial charge in [0.25, 0.3) is 0 Å². The van der Waals surface area contributed by atoms with E-state index in [0.29, 0.717) is 26.7 Å². The van der Waals surface area contributed by atoms with Crippen LogP contribution in [0.15, 0.2) is 47.4 Å². The maximum Gasteiger partial charge on any atom is 0.401 e. The zero-order valence-corrected chi connectivity index (χ0v) is 31.1. The Bertz CT molecular complexity index is 1840. The first-order chi connectivity index (χ1) is 25.0. The van der Waals surface area contributed by atoms with Gasteiger partial charge in [-0.05, 0) is 69.0 Å². The Kier molecular flexibility index (Phi) is 11.9. The quantitative estimate of drug-likeness (QED) is 0.130. The maximum absolute atomic E-state index is 15.4. The van der Waals surface area contributed by atoms with Crippen LogP contribution in [0.3, 0.4) is 0 Å². The number of alkyl halides is 4. The van der Waals surface area contributed by atoms with Gasteiger partial charge in [-0.15, -0.1) is 0 Å². The van der Waals surface area contributed by atoms with Gasteiger partial charge in [0.15, 0.2) is 11.4 Å². The number of aliphatic hydroxyl groups excluding tert-OH is 1. The maximum atomic E-state index is 15.4. The molecule has 0 amide bonds. The second-order valence-corrected chi connectivity index (χ2v) is 17.2. The molecule has 3 N–H and O–H groups in total. The standard InChI is InChI=1S/C35H44F4N4O8S2/c1-20(2)41-33-42-25-9-8-24(14-29(25)52-33)53(46,47)43(19-34(36)10-11-34)15-27(44)22(12-21-4-6-23(48-3)7-5-21)13-30(45)51-28-17-50-32-31(28)26(16-49-32)40-18-35(37,38)39/h4-9,14,20,22,26-28,31-32,40,44H,10-13,15-19H2,1-3H3,(H,41,42)/t22-,26+,27-,28+,31+,32-/m1/s1. The fourth-order valence-corrected chi connectivity index (χ4v) is 9.32. The van der Waals surface area contributed by atoms with Crippen molar-refractivity contribution >= 4 is 42.7 Å². The summed E-state index contributed by atoms with van der Waals surface area (Å²) < 4.78 is 106. The normalized spacial score (nSPS) is 23.7. The average molecular weight is 789 g/mol. The number of thiazole rings is 1. The Hall–Kier alpha value is -3.13. The molecule has 3 aliphatic rings. The van der Waals surface area contributed by atoms with E-state index in [4.69, 9.17) is 18.9 Å². The number of carbonyl (C=O) groups is 1. The van der Waals surface area contributed by atoms with Crippen molar-refractivity contribution in [2.75, 3.05) is 45.3 Å². The number of anilines is 1. The highest BCUT2D eigenvalue weighted by atomic mass is 32.2. The highest BCUT2D eigenvalue weighted by Crippen LogP contribution is 2.42. The van der Waals surface area contributed by atoms with Gasteiger partial charge >= 0.3 is 12.1 Å². The van der Waals surface area contributed by atoms with Crippen molar-refractivity contribution in [3.8, 4) is 5.75 Å². The van der Waals surface area contributed by atoms with Gasteiger partial charge in [0.05, 0.1) is 60.4 Å². The predicted molar refractivity (Wildman–Crippen MR) is 188 cm³/mol. The molecule has 3 aromatic rings. The van der Waals surface area contributed by atoms with Crippen LogP contribution in [0, 0.1) is 11.8 Å². The van der Waals surface area contributed by atoms with Crippen molar-refractivity contribution in [3.05, 3.63) is 48.0 Å². The van der Waals surface area contributed by atoms with E-state index in [0.717, 1.165) is 4.31 Å². The number of ether oxygens (including phenoxy) is 4. The minimum Gasteiger partial charge on any atom is -0.497 e. The van der Waals surface area contributed by atoms with Gasteiger partial charge in [0.2, 0.25) is 10.0 Å². The fourth-order valence-electron chi connectivity index (χ4n) is 6.64. The predicted octanol–water partition coefficient (Wildman–Crippen LogP) is 4.66. The Morgan fingerprint density at radius 3 is 2.53 bits per heavy atom. The Labute approximate surface area is 309 Å². The minimum atomic E-state index is -4.46. The second kappa shape index (κ2) is 15.9. The molecule has 6 atom stereocenters. The lowest BCUT2D eigenvalue weighted by atomic mass is 9.90. The number of halogens is 4. The van der Waals surface area contributed by atoms with Crippen LogP contribution >= 0.6 is 11.3 Å². The summed E-state index contributed by atoms with van der Waals surface area (Å²) in [5.74, 6) is -1.79. The Morgan fingerprint density at radius 1 is 1.15 bits per heavy atom. The highest BCUT2D eigenvalue weighted by molar-refractivity contribution is 7.89. The number of fused-ring (bicyclic) bond motifs is 2. The monoisotopic (exact) mass is 788 g/mol. The summed E-state index contributed by atoms with van der Waals surface area (Å²) in [7, 11) is -2.84. The molecule has 53 heavy (non-hydrogen) atoms. The molecule has 0 bridgehead atoms. The third kappa shape index (κ3) is 9.95. The number of esters is 1. The molecule has 2 aliphatic heterocycles. The molecule has 1 aromatic heterocycles. The van der Waals surface area contributed by atoms with Crippen LogP contribution in [0.2, 0.25) is 0 Å². The first-order valence-corrected chi connectivity index (χ1v) is 19.7. The minimum absolute atomic E-state index is 0.0649. The summed E-state index contributed by atoms with van der Waals surface area (Å²) in [5.41, 5.74) is -0.455. The molecule has 2 saturated heterocycles. The number of carbonyl (C=O) groups excluding carboxylic acids is 1. The van der Waals surface area contributed by atoms with Crippen molar-refractivity contribution in [3.63, 3.8) is 0 Å². The van der Waals surface area contributed by atoms with E-state index in [9.17, 15) is 31.5 Å². The Morgan fingerprint density at radius 2 is 1.87 bits per heavy atom. The van der Waals surface area contributed by atoms with E-state index in [2.05, 4.69) is 15.6 Å². The fraction of sp³-hybridized carbons (Fsp3) is 0.600. The van der Waals surface area contributed by atoms with Crippen LogP contribution in [-0.2, 0) is 35.4 Å². The van der Waals surface area contributed by atoms with Crippen LogP contribution in [0.4, 0.5) is 22.7 Å². The number of aromatic nitrogens is 1. The summed E-state index contributed by atoms with van der Waals surface area (Å²) in [6, 6.07) is 10.7. The molecule has 12 nitrogen and oxygen atoms in total. The highest BCUT2D eigenvalue weighted by Gasteiger charge is 2.51. The number of nitrogens with zero attached hydrogens (tertiary/aromatic N) is 2. The van der Waals surface area contributed by atoms with Crippen molar-refractivity contribution in [1.29, 1.82) is 0 Å². The molecule has 3 heterocycles. The lowest BCUT2D eigenvalue weighted by Crippen LogP contribution is -2.46. The van der Waals surface area contributed by atoms with Crippen LogP contribution < -0.4 is 15.4 Å². The van der Waals surface area contributed by atoms with E-state index in [-0.39, 0.29) is 49.8 Å². The number of sulfonamides is 1. The molecule has 0 spiro atoms. The number of rotatable bonds is 17. The van der Waals surface area contributed by atoms with Gasteiger partial charge in [-0.25, -0.2) is 17.8 Å². The zero-order valence-electron chi connectivity index (χ0n) is 29.5. The van der Waals surface area contributed by atoms with Crippen LogP contribution in [-0.4, -0.2) is 111 Å². The molecule has 292 valence electrons. The van der Waals surface area contributed by atoms with Crippen molar-refractivity contribution in [2.24, 2.45) is 11.8 Å². The number of methoxy groups -OCH3 is 1. The first-order valence-electron chi connectivity index (χ1n) is 17.4. The molecule has 2 aromatic carbocycles. The lowest BCUT2D eigenvalue weighted by molar-refractivity contribution is -0.154. The van der Waals surface area contributed by atoms with Crippen molar-refractivity contribution < 1.29 is 54.8 Å². The molecule has 1 aliphatic carbocycles. The summed E-state index contributed by atoms with van der Waals surface area (Å²) in [6.45, 7) is 1.49. The number of hydrogen-bond acceptors (Lipinski definition) is 12. The SMILES string of the molecule is COc1ccc(C[C@H](CC(=O)O[C@H]2CO[C@H]3OC[C@H](NCC(F)(F)F)[C@H]32)[C@H](O)CN(CC2(F)CC2)S(=O)(=O)c2ccc3nc(NC(C)C)sc3c2)cc1. The van der Waals surface area contributed by atoms with Gasteiger partial charge in [0, 0.05) is 31.1 Å². The summed E-state index contributed by atoms with van der Waals surface area (Å²) >= 11 is 1.29. The van der Waals surface area contributed by atoms with Crippen molar-refractivity contribution in [2.45, 2.75) is 86.9 Å². The lowest BCUT2D eigenvalue weighted by Gasteiger charge is -2.30. The smallest absolute Gasteiger partial charge is 0.401 e. The zero-order chi connectivity index (χ0) is 38.1.